The predicted molar refractivity (Wildman–Crippen MR) is 76.3 cm³/mol. The van der Waals surface area contributed by atoms with Gasteiger partial charge in [0.15, 0.2) is 0 Å². The highest BCUT2D eigenvalue weighted by Gasteiger charge is 2.17. The highest BCUT2D eigenvalue weighted by Crippen LogP contribution is 2.27. The Labute approximate surface area is 116 Å². The van der Waals surface area contributed by atoms with Crippen LogP contribution in [0.2, 0.25) is 0 Å². The monoisotopic (exact) mass is 276 g/mol. The first-order chi connectivity index (χ1) is 9.11. The van der Waals surface area contributed by atoms with Crippen molar-refractivity contribution in [3.63, 3.8) is 0 Å². The number of aliphatic hydroxyl groups excluding tert-OH is 1. The molecule has 1 unspecified atom stereocenters. The van der Waals surface area contributed by atoms with Gasteiger partial charge in [-0.25, -0.2) is 4.98 Å². The number of nitrogens with zero attached hydrogens (tertiary/aromatic N) is 1. The van der Waals surface area contributed by atoms with Crippen LogP contribution in [0.1, 0.15) is 22.3 Å². The molecular weight excluding hydrogens is 260 g/mol. The third kappa shape index (κ3) is 3.19. The molecule has 1 aromatic carbocycles. The van der Waals surface area contributed by atoms with Crippen molar-refractivity contribution in [1.82, 2.24) is 10.3 Å². The van der Waals surface area contributed by atoms with Crippen LogP contribution in [-0.4, -0.2) is 28.6 Å². The smallest absolute Gasteiger partial charge is 0.263 e. The molecule has 100 valence electrons. The van der Waals surface area contributed by atoms with Gasteiger partial charge in [0.1, 0.15) is 9.88 Å². The van der Waals surface area contributed by atoms with E-state index in [1.807, 2.05) is 37.3 Å². The SMILES string of the molecule is Cc1nc(-c2ccccc2)sc1C(=O)NC(C)CO. The number of aliphatic hydroxyl groups is 1. The number of rotatable bonds is 4. The zero-order valence-corrected chi connectivity index (χ0v) is 11.7. The van der Waals surface area contributed by atoms with E-state index in [4.69, 9.17) is 5.11 Å². The lowest BCUT2D eigenvalue weighted by molar-refractivity contribution is 0.0925. The van der Waals surface area contributed by atoms with Gasteiger partial charge in [-0.05, 0) is 13.8 Å². The Hall–Kier alpha value is -1.72. The fourth-order valence-electron chi connectivity index (χ4n) is 1.65. The second-order valence-corrected chi connectivity index (χ2v) is 5.36. The van der Waals surface area contributed by atoms with Crippen LogP contribution >= 0.6 is 11.3 Å². The molecule has 0 spiro atoms. The van der Waals surface area contributed by atoms with E-state index in [1.54, 1.807) is 6.92 Å². The molecule has 1 aromatic heterocycles. The summed E-state index contributed by atoms with van der Waals surface area (Å²) in [6.45, 7) is 3.50. The molecule has 0 aliphatic heterocycles. The number of benzene rings is 1. The van der Waals surface area contributed by atoms with Gasteiger partial charge < -0.3 is 10.4 Å². The summed E-state index contributed by atoms with van der Waals surface area (Å²) in [5.74, 6) is -0.182. The van der Waals surface area contributed by atoms with Crippen LogP contribution in [0.3, 0.4) is 0 Å². The number of aromatic nitrogens is 1. The first-order valence-corrected chi connectivity index (χ1v) is 6.88. The molecule has 0 saturated heterocycles. The quantitative estimate of drug-likeness (QED) is 0.900. The number of carbonyl (C=O) groups excluding carboxylic acids is 1. The minimum Gasteiger partial charge on any atom is -0.394 e. The van der Waals surface area contributed by atoms with Crippen LogP contribution in [0.25, 0.3) is 10.6 Å². The Morgan fingerprint density at radius 1 is 1.42 bits per heavy atom. The van der Waals surface area contributed by atoms with Crippen molar-refractivity contribution in [3.8, 4) is 10.6 Å². The first-order valence-electron chi connectivity index (χ1n) is 6.06. The van der Waals surface area contributed by atoms with Gasteiger partial charge in [-0.3, -0.25) is 4.79 Å². The molecule has 1 atom stereocenters. The summed E-state index contributed by atoms with van der Waals surface area (Å²) < 4.78 is 0. The van der Waals surface area contributed by atoms with Crippen LogP contribution in [-0.2, 0) is 0 Å². The second kappa shape index (κ2) is 5.95. The Balaban J connectivity index is 2.24. The molecule has 2 aromatic rings. The molecule has 1 heterocycles. The maximum atomic E-state index is 12.0. The van der Waals surface area contributed by atoms with E-state index in [1.165, 1.54) is 11.3 Å². The summed E-state index contributed by atoms with van der Waals surface area (Å²) in [7, 11) is 0. The molecule has 2 rings (SSSR count). The Kier molecular flexibility index (Phi) is 4.29. The molecule has 0 aliphatic carbocycles. The highest BCUT2D eigenvalue weighted by molar-refractivity contribution is 7.17. The lowest BCUT2D eigenvalue weighted by Crippen LogP contribution is -2.34. The molecule has 19 heavy (non-hydrogen) atoms. The maximum Gasteiger partial charge on any atom is 0.263 e. The number of nitrogens with one attached hydrogen (secondary N) is 1. The van der Waals surface area contributed by atoms with Crippen molar-refractivity contribution in [2.75, 3.05) is 6.61 Å². The van der Waals surface area contributed by atoms with Crippen LogP contribution in [0.15, 0.2) is 30.3 Å². The summed E-state index contributed by atoms with van der Waals surface area (Å²) in [4.78, 5) is 17.1. The Bertz CT molecular complexity index is 566. The van der Waals surface area contributed by atoms with Gasteiger partial charge in [0.2, 0.25) is 0 Å². The third-order valence-corrected chi connectivity index (χ3v) is 3.88. The van der Waals surface area contributed by atoms with E-state index in [2.05, 4.69) is 10.3 Å². The molecule has 0 fully saturated rings. The summed E-state index contributed by atoms with van der Waals surface area (Å²) >= 11 is 1.37. The Morgan fingerprint density at radius 3 is 2.74 bits per heavy atom. The zero-order valence-electron chi connectivity index (χ0n) is 10.9. The number of amides is 1. The third-order valence-electron chi connectivity index (χ3n) is 2.67. The number of carbonyl (C=O) groups is 1. The van der Waals surface area contributed by atoms with Gasteiger partial charge in [-0.15, -0.1) is 11.3 Å². The molecule has 0 aliphatic rings. The summed E-state index contributed by atoms with van der Waals surface area (Å²) in [5, 5.41) is 12.5. The average molecular weight is 276 g/mol. The van der Waals surface area contributed by atoms with Gasteiger partial charge in [0, 0.05) is 11.6 Å². The number of aryl methyl sites for hydroxylation is 1. The van der Waals surface area contributed by atoms with Crippen LogP contribution in [0.4, 0.5) is 0 Å². The van der Waals surface area contributed by atoms with Crippen molar-refractivity contribution in [2.24, 2.45) is 0 Å². The molecule has 0 bridgehead atoms. The fraction of sp³-hybridized carbons (Fsp3) is 0.286. The summed E-state index contributed by atoms with van der Waals surface area (Å²) in [6, 6.07) is 9.51. The van der Waals surface area contributed by atoms with Crippen LogP contribution in [0.5, 0.6) is 0 Å². The summed E-state index contributed by atoms with van der Waals surface area (Å²) in [6.07, 6.45) is 0. The van der Waals surface area contributed by atoms with Crippen LogP contribution < -0.4 is 5.32 Å². The van der Waals surface area contributed by atoms with Gasteiger partial charge in [-0.2, -0.15) is 0 Å². The number of hydrogen-bond acceptors (Lipinski definition) is 4. The van der Waals surface area contributed by atoms with Gasteiger partial charge in [0.25, 0.3) is 5.91 Å². The lowest BCUT2D eigenvalue weighted by Gasteiger charge is -2.09. The van der Waals surface area contributed by atoms with E-state index in [9.17, 15) is 4.79 Å². The van der Waals surface area contributed by atoms with E-state index in [0.717, 1.165) is 10.6 Å². The van der Waals surface area contributed by atoms with Gasteiger partial charge in [-0.1, -0.05) is 30.3 Å². The van der Waals surface area contributed by atoms with E-state index >= 15 is 0 Å². The first kappa shape index (κ1) is 13.7. The van der Waals surface area contributed by atoms with Gasteiger partial charge >= 0.3 is 0 Å². The number of hydrogen-bond donors (Lipinski definition) is 2. The minimum absolute atomic E-state index is 0.0743. The van der Waals surface area contributed by atoms with Crippen molar-refractivity contribution in [1.29, 1.82) is 0 Å². The van der Waals surface area contributed by atoms with E-state index in [0.29, 0.717) is 10.6 Å². The highest BCUT2D eigenvalue weighted by atomic mass is 32.1. The Morgan fingerprint density at radius 2 is 2.11 bits per heavy atom. The number of thiazole rings is 1. The van der Waals surface area contributed by atoms with Crippen molar-refractivity contribution < 1.29 is 9.90 Å². The molecule has 0 saturated carbocycles. The van der Waals surface area contributed by atoms with Crippen molar-refractivity contribution in [3.05, 3.63) is 40.9 Å². The summed E-state index contributed by atoms with van der Waals surface area (Å²) in [5.41, 5.74) is 1.72. The van der Waals surface area contributed by atoms with E-state index in [-0.39, 0.29) is 18.6 Å². The van der Waals surface area contributed by atoms with Crippen molar-refractivity contribution >= 4 is 17.2 Å². The fourth-order valence-corrected chi connectivity index (χ4v) is 2.62. The predicted octanol–water partition coefficient (Wildman–Crippen LogP) is 2.23. The molecule has 5 heteroatoms. The largest absolute Gasteiger partial charge is 0.394 e. The molecule has 1 amide bonds. The maximum absolute atomic E-state index is 12.0. The minimum atomic E-state index is -0.255. The normalized spacial score (nSPS) is 12.2. The lowest BCUT2D eigenvalue weighted by atomic mass is 10.2. The zero-order chi connectivity index (χ0) is 13.8. The van der Waals surface area contributed by atoms with Gasteiger partial charge in [0.05, 0.1) is 12.3 Å². The van der Waals surface area contributed by atoms with Crippen LogP contribution in [0, 0.1) is 6.92 Å². The molecule has 4 nitrogen and oxygen atoms in total. The second-order valence-electron chi connectivity index (χ2n) is 4.36. The average Bonchev–Trinajstić information content (AvgIpc) is 2.81. The topological polar surface area (TPSA) is 62.2 Å². The van der Waals surface area contributed by atoms with Crippen molar-refractivity contribution in [2.45, 2.75) is 19.9 Å². The molecule has 2 N–H and O–H groups in total. The van der Waals surface area contributed by atoms with E-state index < -0.39 is 0 Å². The standard InChI is InChI=1S/C14H16N2O2S/c1-9(8-17)15-13(18)12-10(2)16-14(19-12)11-6-4-3-5-7-11/h3-7,9,17H,8H2,1-2H3,(H,15,18). The molecule has 0 radical (unpaired) electrons. The molecular formula is C14H16N2O2S.